The molecule has 4 N–H and O–H groups in total. The number of aromatic amines is 1. The van der Waals surface area contributed by atoms with Gasteiger partial charge in [0.2, 0.25) is 0 Å². The molecule has 2 aromatic carbocycles. The first kappa shape index (κ1) is 26.5. The molecule has 14 heteroatoms. The van der Waals surface area contributed by atoms with Crippen LogP contribution in [0.3, 0.4) is 0 Å². The molecule has 0 bridgehead atoms. The van der Waals surface area contributed by atoms with Crippen LogP contribution >= 0.6 is 0 Å². The maximum Gasteiger partial charge on any atom is 0.490 e. The van der Waals surface area contributed by atoms with Crippen LogP contribution in [0.15, 0.2) is 91.5 Å². The molecule has 39 heavy (non-hydrogen) atoms. The summed E-state index contributed by atoms with van der Waals surface area (Å²) in [5, 5.41) is 24.3. The lowest BCUT2D eigenvalue weighted by atomic mass is 10.2. The third kappa shape index (κ3) is 7.25. The number of aliphatic carboxylic acids is 1. The molecule has 0 aliphatic carbocycles. The Morgan fingerprint density at radius 1 is 0.897 bits per heavy atom. The van der Waals surface area contributed by atoms with Crippen molar-refractivity contribution >= 4 is 23.4 Å². The number of benzene rings is 2. The van der Waals surface area contributed by atoms with Crippen LogP contribution < -0.4 is 10.6 Å². The third-order valence-corrected chi connectivity index (χ3v) is 4.92. The quantitative estimate of drug-likeness (QED) is 0.247. The number of aromatic nitrogens is 6. The summed E-state index contributed by atoms with van der Waals surface area (Å²) in [6.07, 6.45) is 1.67. The number of H-pyrrole nitrogens is 1. The van der Waals surface area contributed by atoms with Crippen molar-refractivity contribution in [2.75, 3.05) is 10.6 Å². The van der Waals surface area contributed by atoms with Gasteiger partial charge in [0.05, 0.1) is 23.8 Å². The number of carbonyl (C=O) groups is 2. The molecule has 0 unspecified atom stereocenters. The minimum Gasteiger partial charge on any atom is -0.475 e. The molecule has 5 aromatic rings. The molecule has 3 heterocycles. The van der Waals surface area contributed by atoms with Crippen LogP contribution in [0.25, 0.3) is 28.5 Å². The van der Waals surface area contributed by atoms with Crippen molar-refractivity contribution < 1.29 is 27.9 Å². The molecule has 0 aliphatic heterocycles. The van der Waals surface area contributed by atoms with Crippen molar-refractivity contribution in [2.45, 2.75) is 6.18 Å². The lowest BCUT2D eigenvalue weighted by Gasteiger charge is -2.05. The Kier molecular flexibility index (Phi) is 7.95. The molecular formula is C25H19F3N8O3. The lowest BCUT2D eigenvalue weighted by Crippen LogP contribution is -2.21. The number of urea groups is 1. The number of carbonyl (C=O) groups excluding carboxylic acids is 1. The zero-order valence-electron chi connectivity index (χ0n) is 19.8. The Morgan fingerprint density at radius 2 is 1.59 bits per heavy atom. The Balaban J connectivity index is 0.000000448. The molecule has 0 aliphatic rings. The highest BCUT2D eigenvalue weighted by Gasteiger charge is 2.38. The number of carboxylic acids is 1. The van der Waals surface area contributed by atoms with Crippen LogP contribution in [0, 0.1) is 0 Å². The number of nitrogens with one attached hydrogen (secondary N) is 3. The fourth-order valence-electron chi connectivity index (χ4n) is 3.16. The number of nitrogens with zero attached hydrogens (tertiary/aromatic N) is 5. The van der Waals surface area contributed by atoms with Gasteiger partial charge in [-0.25, -0.2) is 19.3 Å². The largest absolute Gasteiger partial charge is 0.490 e. The van der Waals surface area contributed by atoms with E-state index in [0.29, 0.717) is 23.0 Å². The van der Waals surface area contributed by atoms with E-state index < -0.39 is 12.1 Å². The van der Waals surface area contributed by atoms with Gasteiger partial charge >= 0.3 is 18.2 Å². The van der Waals surface area contributed by atoms with Crippen molar-refractivity contribution in [3.63, 3.8) is 0 Å². The number of hydrogen-bond donors (Lipinski definition) is 4. The maximum absolute atomic E-state index is 12.2. The van der Waals surface area contributed by atoms with E-state index in [1.54, 1.807) is 29.5 Å². The van der Waals surface area contributed by atoms with Crippen molar-refractivity contribution in [1.82, 2.24) is 29.9 Å². The van der Waals surface area contributed by atoms with Crippen molar-refractivity contribution in [3.05, 3.63) is 91.5 Å². The number of carboxylic acid groups (broad SMARTS) is 1. The molecule has 0 spiro atoms. The number of pyridine rings is 1. The second-order valence-corrected chi connectivity index (χ2v) is 7.72. The van der Waals surface area contributed by atoms with E-state index in [2.05, 4.69) is 35.9 Å². The summed E-state index contributed by atoms with van der Waals surface area (Å²) in [6, 6.07) is 20.3. The molecule has 0 saturated heterocycles. The number of alkyl halides is 3. The highest BCUT2D eigenvalue weighted by molar-refractivity contribution is 5.99. The minimum atomic E-state index is -5.08. The average molecular weight is 536 g/mol. The standard InChI is InChI=1S/C23H18N8O.C2HF3O2/c32-23(26-18-6-2-1-3-7-18)27-19-14-25-31(15-19)20-8-4-5-17(13-20)22-28-21(29-30-22)16-9-11-24-12-10-16;3-2(4,5)1(6)7/h1-15H,(H2,26,27,32)(H,28,29,30);(H,6,7). The molecule has 0 saturated carbocycles. The first-order valence-corrected chi connectivity index (χ1v) is 11.1. The number of para-hydroxylation sites is 1. The summed E-state index contributed by atoms with van der Waals surface area (Å²) < 4.78 is 33.4. The summed E-state index contributed by atoms with van der Waals surface area (Å²) in [7, 11) is 0. The normalized spacial score (nSPS) is 10.7. The van der Waals surface area contributed by atoms with E-state index in [4.69, 9.17) is 9.90 Å². The van der Waals surface area contributed by atoms with Gasteiger partial charge in [0.25, 0.3) is 0 Å². The smallest absolute Gasteiger partial charge is 0.475 e. The van der Waals surface area contributed by atoms with Gasteiger partial charge in [-0.05, 0) is 36.4 Å². The molecule has 2 amide bonds. The number of rotatable bonds is 5. The third-order valence-electron chi connectivity index (χ3n) is 4.92. The van der Waals surface area contributed by atoms with E-state index in [0.717, 1.165) is 16.8 Å². The summed E-state index contributed by atoms with van der Waals surface area (Å²) in [5.74, 6) is -1.51. The van der Waals surface area contributed by atoms with E-state index >= 15 is 0 Å². The predicted molar refractivity (Wildman–Crippen MR) is 135 cm³/mol. The van der Waals surface area contributed by atoms with Crippen molar-refractivity contribution in [1.29, 1.82) is 0 Å². The zero-order valence-corrected chi connectivity index (χ0v) is 19.8. The van der Waals surface area contributed by atoms with Crippen molar-refractivity contribution in [3.8, 4) is 28.5 Å². The maximum atomic E-state index is 12.2. The number of halogens is 3. The van der Waals surface area contributed by atoms with Gasteiger partial charge in [-0.2, -0.15) is 23.4 Å². The molecule has 3 aromatic heterocycles. The predicted octanol–water partition coefficient (Wildman–Crippen LogP) is 5.00. The van der Waals surface area contributed by atoms with Gasteiger partial charge in [-0.1, -0.05) is 30.3 Å². The molecular weight excluding hydrogens is 517 g/mol. The minimum absolute atomic E-state index is 0.339. The summed E-state index contributed by atoms with van der Waals surface area (Å²) >= 11 is 0. The van der Waals surface area contributed by atoms with Crippen LogP contribution in [0.2, 0.25) is 0 Å². The van der Waals surface area contributed by atoms with Gasteiger partial charge in [0.15, 0.2) is 11.6 Å². The van der Waals surface area contributed by atoms with Crippen molar-refractivity contribution in [2.24, 2.45) is 0 Å². The monoisotopic (exact) mass is 536 g/mol. The molecule has 0 fully saturated rings. The molecule has 11 nitrogen and oxygen atoms in total. The van der Waals surface area contributed by atoms with E-state index in [9.17, 15) is 18.0 Å². The summed E-state index contributed by atoms with van der Waals surface area (Å²) in [5.41, 5.74) is 3.84. The van der Waals surface area contributed by atoms with Crippen LogP contribution in [0.1, 0.15) is 0 Å². The molecule has 198 valence electrons. The second kappa shape index (κ2) is 11.7. The zero-order chi connectivity index (χ0) is 27.8. The fourth-order valence-corrected chi connectivity index (χ4v) is 3.16. The molecule has 0 atom stereocenters. The van der Waals surface area contributed by atoms with E-state index in [-0.39, 0.29) is 6.03 Å². The van der Waals surface area contributed by atoms with Gasteiger partial charge < -0.3 is 15.7 Å². The van der Waals surface area contributed by atoms with Gasteiger partial charge in [0, 0.05) is 29.2 Å². The van der Waals surface area contributed by atoms with Gasteiger partial charge in [0.1, 0.15) is 0 Å². The number of anilines is 2. The Morgan fingerprint density at radius 3 is 2.28 bits per heavy atom. The van der Waals surface area contributed by atoms with E-state index in [1.165, 1.54) is 0 Å². The number of hydrogen-bond acceptors (Lipinski definition) is 6. The molecule has 5 rings (SSSR count). The van der Waals surface area contributed by atoms with Crippen LogP contribution in [0.5, 0.6) is 0 Å². The molecule has 0 radical (unpaired) electrons. The average Bonchev–Trinajstić information content (AvgIpc) is 3.60. The topological polar surface area (TPSA) is 151 Å². The SMILES string of the molecule is O=C(Nc1ccccc1)Nc1cnn(-c2cccc(-c3n[nH]c(-c4ccncc4)n3)c2)c1.O=C(O)C(F)(F)F. The van der Waals surface area contributed by atoms with Crippen LogP contribution in [-0.4, -0.2) is 53.2 Å². The van der Waals surface area contributed by atoms with Gasteiger partial charge in [-0.15, -0.1) is 0 Å². The van der Waals surface area contributed by atoms with E-state index in [1.807, 2.05) is 66.7 Å². The summed E-state index contributed by atoms with van der Waals surface area (Å²) in [6.45, 7) is 0. The summed E-state index contributed by atoms with van der Waals surface area (Å²) in [4.78, 5) is 29.7. The second-order valence-electron chi connectivity index (χ2n) is 7.72. The lowest BCUT2D eigenvalue weighted by molar-refractivity contribution is -0.192. The van der Waals surface area contributed by atoms with Crippen LogP contribution in [-0.2, 0) is 4.79 Å². The first-order chi connectivity index (χ1) is 18.7. The Bertz CT molecular complexity index is 1550. The highest BCUT2D eigenvalue weighted by atomic mass is 19.4. The first-order valence-electron chi connectivity index (χ1n) is 11.1. The van der Waals surface area contributed by atoms with Gasteiger partial charge in [-0.3, -0.25) is 10.1 Å². The fraction of sp³-hybridized carbons (Fsp3) is 0.0400. The Labute approximate surface area is 218 Å². The van der Waals surface area contributed by atoms with Crippen LogP contribution in [0.4, 0.5) is 29.3 Å². The Hall–Kier alpha value is -5.53. The number of amides is 2. The highest BCUT2D eigenvalue weighted by Crippen LogP contribution is 2.22.